The molecule has 18 heavy (non-hydrogen) atoms. The van der Waals surface area contributed by atoms with Crippen molar-refractivity contribution < 1.29 is 9.50 Å². The Morgan fingerprint density at radius 2 is 2.28 bits per heavy atom. The van der Waals surface area contributed by atoms with Crippen LogP contribution in [0.4, 0.5) is 4.39 Å². The Balaban J connectivity index is 1.96. The van der Waals surface area contributed by atoms with E-state index in [0.717, 1.165) is 24.8 Å². The van der Waals surface area contributed by atoms with Crippen molar-refractivity contribution in [1.82, 2.24) is 5.32 Å². The lowest BCUT2D eigenvalue weighted by molar-refractivity contribution is 0.205. The number of nitriles is 1. The molecule has 0 heterocycles. The van der Waals surface area contributed by atoms with Crippen LogP contribution in [0.1, 0.15) is 30.4 Å². The number of hydrogen-bond donors (Lipinski definition) is 2. The summed E-state index contributed by atoms with van der Waals surface area (Å²) in [6, 6.07) is 6.75. The van der Waals surface area contributed by atoms with Crippen molar-refractivity contribution in [3.05, 3.63) is 35.1 Å². The average Bonchev–Trinajstić information content (AvgIpc) is 2.85. The summed E-state index contributed by atoms with van der Waals surface area (Å²) in [4.78, 5) is 0. The van der Waals surface area contributed by atoms with Crippen molar-refractivity contribution in [1.29, 1.82) is 5.26 Å². The van der Waals surface area contributed by atoms with Gasteiger partial charge in [-0.3, -0.25) is 0 Å². The summed E-state index contributed by atoms with van der Waals surface area (Å²) in [5, 5.41) is 21.4. The highest BCUT2D eigenvalue weighted by molar-refractivity contribution is 5.34. The molecule has 2 unspecified atom stereocenters. The first-order valence-corrected chi connectivity index (χ1v) is 6.27. The Kier molecular flexibility index (Phi) is 4.29. The van der Waals surface area contributed by atoms with E-state index >= 15 is 0 Å². The van der Waals surface area contributed by atoms with Crippen molar-refractivity contribution >= 4 is 0 Å². The number of hydrogen-bond acceptors (Lipinski definition) is 3. The van der Waals surface area contributed by atoms with Crippen LogP contribution in [0.25, 0.3) is 0 Å². The second kappa shape index (κ2) is 5.94. The van der Waals surface area contributed by atoms with Crippen LogP contribution in [-0.4, -0.2) is 17.8 Å². The molecule has 0 spiro atoms. The topological polar surface area (TPSA) is 56.0 Å². The quantitative estimate of drug-likeness (QED) is 0.856. The highest BCUT2D eigenvalue weighted by Crippen LogP contribution is 2.25. The Labute approximate surface area is 106 Å². The molecule has 1 aromatic rings. The Hall–Kier alpha value is -1.44. The lowest BCUT2D eigenvalue weighted by Crippen LogP contribution is -2.33. The van der Waals surface area contributed by atoms with Gasteiger partial charge < -0.3 is 10.4 Å². The highest BCUT2D eigenvalue weighted by atomic mass is 19.1. The molecule has 1 aromatic carbocycles. The second-order valence-electron chi connectivity index (χ2n) is 4.79. The number of halogens is 1. The Bertz CT molecular complexity index is 456. The molecule has 2 atom stereocenters. The monoisotopic (exact) mass is 248 g/mol. The van der Waals surface area contributed by atoms with Crippen LogP contribution in [0.3, 0.4) is 0 Å². The van der Waals surface area contributed by atoms with Crippen molar-refractivity contribution in [2.75, 3.05) is 6.61 Å². The van der Waals surface area contributed by atoms with Gasteiger partial charge in [0.25, 0.3) is 0 Å². The Morgan fingerprint density at radius 3 is 3.00 bits per heavy atom. The first-order chi connectivity index (χ1) is 8.74. The highest BCUT2D eigenvalue weighted by Gasteiger charge is 2.25. The molecule has 4 heteroatoms. The van der Waals surface area contributed by atoms with Gasteiger partial charge in [-0.1, -0.05) is 12.5 Å². The normalized spacial score (nSPS) is 22.9. The van der Waals surface area contributed by atoms with E-state index in [9.17, 15) is 9.50 Å². The maximum atomic E-state index is 13.2. The van der Waals surface area contributed by atoms with E-state index in [4.69, 9.17) is 5.26 Å². The first kappa shape index (κ1) is 13.0. The summed E-state index contributed by atoms with van der Waals surface area (Å²) in [7, 11) is 0. The van der Waals surface area contributed by atoms with E-state index in [2.05, 4.69) is 5.32 Å². The van der Waals surface area contributed by atoms with Crippen LogP contribution in [0.15, 0.2) is 18.2 Å². The van der Waals surface area contributed by atoms with Gasteiger partial charge in [-0.05, 0) is 36.5 Å². The van der Waals surface area contributed by atoms with E-state index in [0.29, 0.717) is 18.5 Å². The fourth-order valence-electron chi connectivity index (χ4n) is 2.54. The predicted molar refractivity (Wildman–Crippen MR) is 66.2 cm³/mol. The van der Waals surface area contributed by atoms with E-state index in [1.54, 1.807) is 12.1 Å². The predicted octanol–water partition coefficient (Wildman–Crippen LogP) is 1.95. The van der Waals surface area contributed by atoms with Crippen LogP contribution >= 0.6 is 0 Å². The SMILES string of the molecule is N#Cc1cc(CNC2CCCC2CO)ccc1F. The number of aliphatic hydroxyl groups excluding tert-OH is 1. The smallest absolute Gasteiger partial charge is 0.140 e. The molecule has 0 radical (unpaired) electrons. The minimum absolute atomic E-state index is 0.0828. The van der Waals surface area contributed by atoms with Crippen molar-refractivity contribution in [2.45, 2.75) is 31.8 Å². The van der Waals surface area contributed by atoms with Crippen LogP contribution in [0, 0.1) is 23.1 Å². The van der Waals surface area contributed by atoms with Gasteiger partial charge in [0.05, 0.1) is 5.56 Å². The minimum atomic E-state index is -0.477. The van der Waals surface area contributed by atoms with Crippen LogP contribution in [0.5, 0.6) is 0 Å². The lowest BCUT2D eigenvalue weighted by Gasteiger charge is -2.19. The first-order valence-electron chi connectivity index (χ1n) is 6.27. The van der Waals surface area contributed by atoms with Gasteiger partial charge in [0.2, 0.25) is 0 Å². The number of nitrogens with one attached hydrogen (secondary N) is 1. The van der Waals surface area contributed by atoms with Crippen molar-refractivity contribution in [2.24, 2.45) is 5.92 Å². The molecule has 0 bridgehead atoms. The van der Waals surface area contributed by atoms with Gasteiger partial charge in [0, 0.05) is 19.2 Å². The molecule has 0 aromatic heterocycles. The zero-order chi connectivity index (χ0) is 13.0. The zero-order valence-electron chi connectivity index (χ0n) is 10.2. The van der Waals surface area contributed by atoms with Crippen molar-refractivity contribution in [3.63, 3.8) is 0 Å². The third-order valence-electron chi connectivity index (χ3n) is 3.61. The summed E-state index contributed by atoms with van der Waals surface area (Å²) >= 11 is 0. The van der Waals surface area contributed by atoms with Crippen LogP contribution in [-0.2, 0) is 6.54 Å². The minimum Gasteiger partial charge on any atom is -0.396 e. The Morgan fingerprint density at radius 1 is 1.44 bits per heavy atom. The molecule has 0 aliphatic heterocycles. The van der Waals surface area contributed by atoms with E-state index in [1.807, 2.05) is 6.07 Å². The third-order valence-corrected chi connectivity index (χ3v) is 3.61. The lowest BCUT2D eigenvalue weighted by atomic mass is 10.0. The van der Waals surface area contributed by atoms with Gasteiger partial charge in [-0.2, -0.15) is 5.26 Å². The van der Waals surface area contributed by atoms with Gasteiger partial charge in [-0.15, -0.1) is 0 Å². The average molecular weight is 248 g/mol. The molecular weight excluding hydrogens is 231 g/mol. The number of aliphatic hydroxyl groups is 1. The van der Waals surface area contributed by atoms with Crippen molar-refractivity contribution in [3.8, 4) is 6.07 Å². The maximum absolute atomic E-state index is 13.2. The molecule has 1 saturated carbocycles. The zero-order valence-corrected chi connectivity index (χ0v) is 10.2. The molecule has 0 amide bonds. The van der Waals surface area contributed by atoms with Gasteiger partial charge in [0.1, 0.15) is 11.9 Å². The number of benzene rings is 1. The molecule has 0 saturated heterocycles. The molecule has 2 rings (SSSR count). The largest absolute Gasteiger partial charge is 0.396 e. The summed E-state index contributed by atoms with van der Waals surface area (Å²) in [6.07, 6.45) is 3.26. The van der Waals surface area contributed by atoms with Crippen LogP contribution in [0.2, 0.25) is 0 Å². The second-order valence-corrected chi connectivity index (χ2v) is 4.79. The van der Waals surface area contributed by atoms with Gasteiger partial charge in [0.15, 0.2) is 0 Å². The molecule has 1 aliphatic carbocycles. The van der Waals surface area contributed by atoms with Gasteiger partial charge >= 0.3 is 0 Å². The molecule has 1 fully saturated rings. The van der Waals surface area contributed by atoms with Crippen LogP contribution < -0.4 is 5.32 Å². The molecular formula is C14H17FN2O. The fourth-order valence-corrected chi connectivity index (χ4v) is 2.54. The maximum Gasteiger partial charge on any atom is 0.140 e. The van der Waals surface area contributed by atoms with E-state index in [1.165, 1.54) is 6.07 Å². The third kappa shape index (κ3) is 2.87. The van der Waals surface area contributed by atoms with Gasteiger partial charge in [-0.25, -0.2) is 4.39 Å². The summed E-state index contributed by atoms with van der Waals surface area (Å²) < 4.78 is 13.2. The molecule has 3 nitrogen and oxygen atoms in total. The van der Waals surface area contributed by atoms with E-state index in [-0.39, 0.29) is 12.2 Å². The number of nitrogens with zero attached hydrogens (tertiary/aromatic N) is 1. The molecule has 1 aliphatic rings. The number of rotatable bonds is 4. The summed E-state index contributed by atoms with van der Waals surface area (Å²) in [5.41, 5.74) is 0.982. The molecule has 96 valence electrons. The fraction of sp³-hybridized carbons (Fsp3) is 0.500. The van der Waals surface area contributed by atoms with E-state index < -0.39 is 5.82 Å². The summed E-state index contributed by atoms with van der Waals surface area (Å²) in [5.74, 6) is -0.156. The summed E-state index contributed by atoms with van der Waals surface area (Å²) in [6.45, 7) is 0.820. The molecule has 2 N–H and O–H groups in total. The standard InChI is InChI=1S/C14H17FN2O/c15-13-5-4-10(6-12(13)7-16)8-17-14-3-1-2-11(14)9-18/h4-6,11,14,17-18H,1-3,8-9H2.